The van der Waals surface area contributed by atoms with Gasteiger partial charge in [0.25, 0.3) is 5.91 Å². The molecule has 2 atom stereocenters. The molecule has 1 aromatic heterocycles. The van der Waals surface area contributed by atoms with E-state index in [1.54, 1.807) is 17.9 Å². The van der Waals surface area contributed by atoms with Crippen molar-refractivity contribution >= 4 is 5.91 Å². The van der Waals surface area contributed by atoms with Gasteiger partial charge >= 0.3 is 0 Å². The van der Waals surface area contributed by atoms with Gasteiger partial charge in [-0.1, -0.05) is 37.3 Å². The Bertz CT molecular complexity index is 850. The molecule has 2 heterocycles. The largest absolute Gasteiger partial charge is 0.491 e. The zero-order valence-electron chi connectivity index (χ0n) is 15.1. The smallest absolute Gasteiger partial charge is 0.277 e. The Balaban J connectivity index is 2.20. The molecule has 1 amide bonds. The number of hydrogen-bond acceptors (Lipinski definition) is 5. The average Bonchev–Trinajstić information content (AvgIpc) is 2.66. The van der Waals surface area contributed by atoms with Crippen molar-refractivity contribution in [1.29, 1.82) is 0 Å². The summed E-state index contributed by atoms with van der Waals surface area (Å²) in [6.45, 7) is 2.18. The van der Waals surface area contributed by atoms with Crippen molar-refractivity contribution in [2.75, 3.05) is 25.8 Å². The lowest BCUT2D eigenvalue weighted by Crippen LogP contribution is -2.56. The molecule has 7 heteroatoms. The summed E-state index contributed by atoms with van der Waals surface area (Å²) < 4.78 is 6.84. The van der Waals surface area contributed by atoms with E-state index in [-0.39, 0.29) is 35.5 Å². The SMILES string of the molecule is CCC(O)C(c1ccccc1)N1CN(C)C(=O)c2c(OC)c(=O)ccn21. The number of aromatic nitrogens is 1. The van der Waals surface area contributed by atoms with Crippen molar-refractivity contribution in [2.24, 2.45) is 0 Å². The molecule has 0 bridgehead atoms. The van der Waals surface area contributed by atoms with Crippen molar-refractivity contribution in [2.45, 2.75) is 25.5 Å². The molecule has 26 heavy (non-hydrogen) atoms. The summed E-state index contributed by atoms with van der Waals surface area (Å²) in [4.78, 5) is 26.3. The lowest BCUT2D eigenvalue weighted by molar-refractivity contribution is 0.0661. The van der Waals surface area contributed by atoms with Gasteiger partial charge in [-0.2, -0.15) is 0 Å². The molecular formula is C19H23N3O4. The molecule has 138 valence electrons. The molecule has 1 aliphatic heterocycles. The molecule has 1 aliphatic rings. The van der Waals surface area contributed by atoms with E-state index >= 15 is 0 Å². The van der Waals surface area contributed by atoms with Gasteiger partial charge in [-0.25, -0.2) is 0 Å². The van der Waals surface area contributed by atoms with Gasteiger partial charge in [0.2, 0.25) is 5.43 Å². The molecule has 1 aromatic carbocycles. The van der Waals surface area contributed by atoms with Crippen molar-refractivity contribution in [3.05, 3.63) is 64.1 Å². The minimum absolute atomic E-state index is 0.00634. The van der Waals surface area contributed by atoms with E-state index in [1.165, 1.54) is 18.1 Å². The van der Waals surface area contributed by atoms with Gasteiger partial charge in [0.1, 0.15) is 6.67 Å². The van der Waals surface area contributed by atoms with Crippen LogP contribution in [-0.2, 0) is 0 Å². The fourth-order valence-electron chi connectivity index (χ4n) is 3.33. The number of carbonyl (C=O) groups is 1. The molecule has 0 fully saturated rings. The van der Waals surface area contributed by atoms with Crippen molar-refractivity contribution in [1.82, 2.24) is 9.58 Å². The molecular weight excluding hydrogens is 334 g/mol. The number of benzene rings is 1. The molecule has 7 nitrogen and oxygen atoms in total. The Hall–Kier alpha value is -2.80. The third-order valence-corrected chi connectivity index (χ3v) is 4.67. The first-order valence-electron chi connectivity index (χ1n) is 8.54. The lowest BCUT2D eigenvalue weighted by atomic mass is 9.99. The molecule has 0 saturated heterocycles. The van der Waals surface area contributed by atoms with Gasteiger partial charge in [0.15, 0.2) is 11.4 Å². The summed E-state index contributed by atoms with van der Waals surface area (Å²) >= 11 is 0. The number of ether oxygens (including phenoxy) is 1. The molecule has 1 N–H and O–H groups in total. The van der Waals surface area contributed by atoms with Crippen LogP contribution in [0.5, 0.6) is 5.75 Å². The van der Waals surface area contributed by atoms with Crippen LogP contribution in [0, 0.1) is 0 Å². The van der Waals surface area contributed by atoms with Crippen LogP contribution in [0.4, 0.5) is 0 Å². The first kappa shape index (κ1) is 18.0. The van der Waals surface area contributed by atoms with E-state index in [0.717, 1.165) is 5.56 Å². The molecule has 0 saturated carbocycles. The molecule has 2 unspecified atom stereocenters. The number of methoxy groups -OCH3 is 1. The van der Waals surface area contributed by atoms with E-state index in [1.807, 2.05) is 42.3 Å². The summed E-state index contributed by atoms with van der Waals surface area (Å²) in [7, 11) is 3.04. The Morgan fingerprint density at radius 3 is 2.50 bits per heavy atom. The molecule has 0 spiro atoms. The first-order chi connectivity index (χ1) is 12.5. The van der Waals surface area contributed by atoms with E-state index in [4.69, 9.17) is 4.74 Å². The van der Waals surface area contributed by atoms with Crippen LogP contribution in [0.15, 0.2) is 47.4 Å². The fourth-order valence-corrected chi connectivity index (χ4v) is 3.33. The summed E-state index contributed by atoms with van der Waals surface area (Å²) in [5, 5.41) is 12.6. The monoisotopic (exact) mass is 357 g/mol. The van der Waals surface area contributed by atoms with E-state index < -0.39 is 6.10 Å². The zero-order valence-corrected chi connectivity index (χ0v) is 15.1. The van der Waals surface area contributed by atoms with Crippen LogP contribution in [-0.4, -0.2) is 47.5 Å². The van der Waals surface area contributed by atoms with Gasteiger partial charge in [-0.05, 0) is 12.0 Å². The predicted molar refractivity (Wildman–Crippen MR) is 97.9 cm³/mol. The fraction of sp³-hybridized carbons (Fsp3) is 0.368. The summed E-state index contributed by atoms with van der Waals surface area (Å²) in [6, 6.07) is 10.6. The number of rotatable bonds is 5. The normalized spacial score (nSPS) is 16.2. The van der Waals surface area contributed by atoms with E-state index in [2.05, 4.69) is 0 Å². The second kappa shape index (κ2) is 7.21. The predicted octanol–water partition coefficient (Wildman–Crippen LogP) is 1.35. The minimum atomic E-state index is -0.655. The van der Waals surface area contributed by atoms with Crippen molar-refractivity contribution in [3.8, 4) is 5.75 Å². The highest BCUT2D eigenvalue weighted by Crippen LogP contribution is 2.30. The highest BCUT2D eigenvalue weighted by atomic mass is 16.5. The number of aliphatic hydroxyl groups is 1. The third kappa shape index (κ3) is 2.94. The zero-order chi connectivity index (χ0) is 18.8. The van der Waals surface area contributed by atoms with Gasteiger partial charge < -0.3 is 14.7 Å². The summed E-state index contributed by atoms with van der Waals surface area (Å²) in [5.74, 6) is -0.291. The molecule has 0 radical (unpaired) electrons. The van der Waals surface area contributed by atoms with Crippen LogP contribution < -0.4 is 15.2 Å². The quantitative estimate of drug-likeness (QED) is 0.874. The maximum absolute atomic E-state index is 12.7. The maximum atomic E-state index is 12.7. The van der Waals surface area contributed by atoms with E-state index in [0.29, 0.717) is 6.42 Å². The van der Waals surface area contributed by atoms with Crippen LogP contribution >= 0.6 is 0 Å². The van der Waals surface area contributed by atoms with Gasteiger partial charge in [0, 0.05) is 19.3 Å². The van der Waals surface area contributed by atoms with Crippen LogP contribution in [0.2, 0.25) is 0 Å². The third-order valence-electron chi connectivity index (χ3n) is 4.67. The van der Waals surface area contributed by atoms with Gasteiger partial charge in [-0.3, -0.25) is 19.3 Å². The number of hydrogen-bond donors (Lipinski definition) is 1. The number of pyridine rings is 1. The molecule has 0 aliphatic carbocycles. The Morgan fingerprint density at radius 1 is 1.19 bits per heavy atom. The number of carbonyl (C=O) groups excluding carboxylic acids is 1. The minimum Gasteiger partial charge on any atom is -0.491 e. The van der Waals surface area contributed by atoms with Crippen molar-refractivity contribution < 1.29 is 14.6 Å². The maximum Gasteiger partial charge on any atom is 0.277 e. The van der Waals surface area contributed by atoms with Crippen molar-refractivity contribution in [3.63, 3.8) is 0 Å². The highest BCUT2D eigenvalue weighted by Gasteiger charge is 2.36. The Morgan fingerprint density at radius 2 is 1.88 bits per heavy atom. The van der Waals surface area contributed by atoms with Crippen LogP contribution in [0.25, 0.3) is 0 Å². The van der Waals surface area contributed by atoms with E-state index in [9.17, 15) is 14.7 Å². The van der Waals surface area contributed by atoms with Crippen LogP contribution in [0.3, 0.4) is 0 Å². The highest BCUT2D eigenvalue weighted by molar-refractivity contribution is 5.96. The van der Waals surface area contributed by atoms with Gasteiger partial charge in [0.05, 0.1) is 19.3 Å². The second-order valence-corrected chi connectivity index (χ2v) is 6.32. The number of amides is 1. The first-order valence-corrected chi connectivity index (χ1v) is 8.54. The lowest BCUT2D eigenvalue weighted by Gasteiger charge is -2.44. The Kier molecular flexibility index (Phi) is 4.99. The van der Waals surface area contributed by atoms with Gasteiger partial charge in [-0.15, -0.1) is 0 Å². The molecule has 3 rings (SSSR count). The number of nitrogens with zero attached hydrogens (tertiary/aromatic N) is 3. The topological polar surface area (TPSA) is 75.0 Å². The number of aliphatic hydroxyl groups excluding tert-OH is 1. The average molecular weight is 357 g/mol. The number of fused-ring (bicyclic) bond motifs is 1. The Labute approximate surface area is 152 Å². The summed E-state index contributed by atoms with van der Waals surface area (Å²) in [5.41, 5.74) is 0.737. The summed E-state index contributed by atoms with van der Waals surface area (Å²) in [6.07, 6.45) is 1.45. The molecule has 2 aromatic rings. The van der Waals surface area contributed by atoms with Crippen LogP contribution in [0.1, 0.15) is 35.4 Å². The standard InChI is InChI=1S/C19H23N3O4/c1-4-14(23)16(13-8-6-5-7-9-13)22-12-20(2)19(25)17-18(26-3)15(24)10-11-21(17)22/h5-11,14,16,23H,4,12H2,1-3H3. The second-order valence-electron chi connectivity index (χ2n) is 6.32.